The van der Waals surface area contributed by atoms with Crippen LogP contribution in [0.5, 0.6) is 17.2 Å². The van der Waals surface area contributed by atoms with E-state index in [1.165, 1.54) is 0 Å². The van der Waals surface area contributed by atoms with Crippen LogP contribution in [0, 0.1) is 0 Å². The third kappa shape index (κ3) is 3.86. The first kappa shape index (κ1) is 17.7. The van der Waals surface area contributed by atoms with Crippen LogP contribution in [0.1, 0.15) is 12.0 Å². The third-order valence-electron chi connectivity index (χ3n) is 4.67. The van der Waals surface area contributed by atoms with E-state index in [0.717, 1.165) is 29.2 Å². The number of nitrogen functional groups attached to an aromatic ring is 2. The minimum Gasteiger partial charge on any atom is -0.478 e. The number of allylic oxidation sites excluding steroid dienone is 2. The molecule has 0 aliphatic heterocycles. The Morgan fingerprint density at radius 3 is 1.71 bits per heavy atom. The van der Waals surface area contributed by atoms with Gasteiger partial charge >= 0.3 is 0 Å². The number of rotatable bonds is 5. The predicted molar refractivity (Wildman–Crippen MR) is 113 cm³/mol. The van der Waals surface area contributed by atoms with Gasteiger partial charge in [0.1, 0.15) is 17.2 Å². The summed E-state index contributed by atoms with van der Waals surface area (Å²) in [6.07, 6.45) is 8.98. The quantitative estimate of drug-likeness (QED) is 0.587. The highest BCUT2D eigenvalue weighted by Crippen LogP contribution is 2.37. The molecule has 4 heteroatoms. The van der Waals surface area contributed by atoms with E-state index in [0.29, 0.717) is 11.4 Å². The van der Waals surface area contributed by atoms with Crippen LogP contribution in [-0.4, -0.2) is 0 Å². The fraction of sp³-hybridized carbons (Fsp3) is 0.0833. The summed E-state index contributed by atoms with van der Waals surface area (Å²) >= 11 is 0. The summed E-state index contributed by atoms with van der Waals surface area (Å²) < 4.78 is 12.3. The predicted octanol–water partition coefficient (Wildman–Crippen LogP) is 5.43. The maximum atomic E-state index is 6.41. The molecule has 1 aliphatic carbocycles. The third-order valence-corrected chi connectivity index (χ3v) is 4.67. The normalized spacial score (nSPS) is 18.0. The Morgan fingerprint density at radius 1 is 0.643 bits per heavy atom. The molecule has 140 valence electrons. The fourth-order valence-corrected chi connectivity index (χ4v) is 3.17. The van der Waals surface area contributed by atoms with Gasteiger partial charge in [-0.15, -0.1) is 0 Å². The number of hydrogen-bond donors (Lipinski definition) is 2. The minimum absolute atomic E-state index is 0.565. The van der Waals surface area contributed by atoms with Crippen molar-refractivity contribution in [2.45, 2.75) is 12.0 Å². The molecule has 1 aliphatic rings. The molecule has 0 saturated carbocycles. The second-order valence-electron chi connectivity index (χ2n) is 6.75. The van der Waals surface area contributed by atoms with Gasteiger partial charge < -0.3 is 20.9 Å². The molecule has 1 unspecified atom stereocenters. The van der Waals surface area contributed by atoms with Gasteiger partial charge in [-0.1, -0.05) is 30.4 Å². The van der Waals surface area contributed by atoms with Gasteiger partial charge in [-0.05, 0) is 72.3 Å². The van der Waals surface area contributed by atoms with E-state index >= 15 is 0 Å². The monoisotopic (exact) mass is 370 g/mol. The minimum atomic E-state index is -0.565. The standard InChI is InChI=1S/C24H22N2O2/c25-19-6-12-22(13-7-19)27-21-10-4-18(5-11-21)24(16-2-1-3-17-24)28-23-14-8-20(26)9-15-23/h1-16H,17,25-26H2. The Labute approximate surface area is 164 Å². The van der Waals surface area contributed by atoms with Gasteiger partial charge in [-0.3, -0.25) is 0 Å². The van der Waals surface area contributed by atoms with Crippen molar-refractivity contribution in [1.82, 2.24) is 0 Å². The molecule has 0 radical (unpaired) electrons. The van der Waals surface area contributed by atoms with E-state index < -0.39 is 5.60 Å². The van der Waals surface area contributed by atoms with Gasteiger partial charge in [0, 0.05) is 17.8 Å². The first-order valence-corrected chi connectivity index (χ1v) is 9.16. The Morgan fingerprint density at radius 2 is 1.18 bits per heavy atom. The van der Waals surface area contributed by atoms with Gasteiger partial charge in [0.15, 0.2) is 5.60 Å². The highest BCUT2D eigenvalue weighted by Gasteiger charge is 2.32. The van der Waals surface area contributed by atoms with E-state index in [9.17, 15) is 0 Å². The Hall–Kier alpha value is -3.66. The summed E-state index contributed by atoms with van der Waals surface area (Å²) in [4.78, 5) is 0. The second kappa shape index (κ2) is 7.53. The molecule has 0 bridgehead atoms. The topological polar surface area (TPSA) is 70.5 Å². The summed E-state index contributed by atoms with van der Waals surface area (Å²) in [5.41, 5.74) is 13.4. The Balaban J connectivity index is 1.58. The molecule has 0 heterocycles. The van der Waals surface area contributed by atoms with Crippen LogP contribution in [0.25, 0.3) is 0 Å². The van der Waals surface area contributed by atoms with Crippen LogP contribution in [0.3, 0.4) is 0 Å². The highest BCUT2D eigenvalue weighted by atomic mass is 16.5. The lowest BCUT2D eigenvalue weighted by Crippen LogP contribution is -2.31. The fourth-order valence-electron chi connectivity index (χ4n) is 3.17. The van der Waals surface area contributed by atoms with Crippen molar-refractivity contribution >= 4 is 11.4 Å². The maximum absolute atomic E-state index is 6.41. The summed E-state index contributed by atoms with van der Waals surface area (Å²) in [6.45, 7) is 0. The largest absolute Gasteiger partial charge is 0.478 e. The number of benzene rings is 3. The van der Waals surface area contributed by atoms with Crippen LogP contribution in [0.15, 0.2) is 97.1 Å². The maximum Gasteiger partial charge on any atom is 0.156 e. The first-order chi connectivity index (χ1) is 13.6. The van der Waals surface area contributed by atoms with Crippen molar-refractivity contribution in [2.24, 2.45) is 0 Å². The summed E-state index contributed by atoms with van der Waals surface area (Å²) in [5.74, 6) is 2.28. The van der Waals surface area contributed by atoms with Crippen molar-refractivity contribution in [3.05, 3.63) is 103 Å². The number of nitrogens with two attached hydrogens (primary N) is 2. The zero-order valence-electron chi connectivity index (χ0n) is 15.4. The SMILES string of the molecule is Nc1ccc(Oc2ccc(C3(Oc4ccc(N)cc4)C=CC=CC3)cc2)cc1. The van der Waals surface area contributed by atoms with E-state index in [2.05, 4.69) is 12.2 Å². The number of ether oxygens (including phenoxy) is 2. The first-order valence-electron chi connectivity index (χ1n) is 9.16. The molecule has 4 N–H and O–H groups in total. The molecule has 28 heavy (non-hydrogen) atoms. The molecule has 3 aromatic carbocycles. The van der Waals surface area contributed by atoms with E-state index in [-0.39, 0.29) is 0 Å². The van der Waals surface area contributed by atoms with E-state index in [4.69, 9.17) is 20.9 Å². The van der Waals surface area contributed by atoms with Crippen LogP contribution in [0.2, 0.25) is 0 Å². The average molecular weight is 370 g/mol. The van der Waals surface area contributed by atoms with Gasteiger partial charge in [-0.2, -0.15) is 0 Å². The summed E-state index contributed by atoms with van der Waals surface area (Å²) in [5, 5.41) is 0. The smallest absolute Gasteiger partial charge is 0.156 e. The molecule has 0 saturated heterocycles. The van der Waals surface area contributed by atoms with Crippen molar-refractivity contribution < 1.29 is 9.47 Å². The molecule has 0 spiro atoms. The van der Waals surface area contributed by atoms with Gasteiger partial charge in [0.05, 0.1) is 0 Å². The van der Waals surface area contributed by atoms with Crippen molar-refractivity contribution in [1.29, 1.82) is 0 Å². The van der Waals surface area contributed by atoms with Crippen LogP contribution < -0.4 is 20.9 Å². The molecule has 4 nitrogen and oxygen atoms in total. The Kier molecular flexibility index (Phi) is 4.77. The zero-order valence-corrected chi connectivity index (χ0v) is 15.4. The second-order valence-corrected chi connectivity index (χ2v) is 6.75. The van der Waals surface area contributed by atoms with Gasteiger partial charge in [-0.25, -0.2) is 0 Å². The average Bonchev–Trinajstić information content (AvgIpc) is 2.73. The van der Waals surface area contributed by atoms with Crippen molar-refractivity contribution in [2.75, 3.05) is 11.5 Å². The van der Waals surface area contributed by atoms with Gasteiger partial charge in [0.25, 0.3) is 0 Å². The van der Waals surface area contributed by atoms with Crippen molar-refractivity contribution in [3.63, 3.8) is 0 Å². The molecule has 0 fully saturated rings. The zero-order chi connectivity index (χ0) is 19.4. The highest BCUT2D eigenvalue weighted by molar-refractivity contribution is 5.45. The summed E-state index contributed by atoms with van der Waals surface area (Å²) in [6, 6.07) is 22.8. The molecule has 0 amide bonds. The Bertz CT molecular complexity index is 990. The molecular formula is C24H22N2O2. The van der Waals surface area contributed by atoms with Crippen LogP contribution in [0.4, 0.5) is 11.4 Å². The lowest BCUT2D eigenvalue weighted by Gasteiger charge is -2.33. The van der Waals surface area contributed by atoms with Crippen LogP contribution >= 0.6 is 0 Å². The summed E-state index contributed by atoms with van der Waals surface area (Å²) in [7, 11) is 0. The molecule has 1 atom stereocenters. The molecule has 3 aromatic rings. The van der Waals surface area contributed by atoms with E-state index in [1.54, 1.807) is 0 Å². The van der Waals surface area contributed by atoms with Crippen LogP contribution in [-0.2, 0) is 5.60 Å². The lowest BCUT2D eigenvalue weighted by atomic mass is 9.87. The molecule has 0 aromatic heterocycles. The number of hydrogen-bond acceptors (Lipinski definition) is 4. The molecular weight excluding hydrogens is 348 g/mol. The van der Waals surface area contributed by atoms with Gasteiger partial charge in [0.2, 0.25) is 0 Å². The van der Waals surface area contributed by atoms with E-state index in [1.807, 2.05) is 84.9 Å². The lowest BCUT2D eigenvalue weighted by molar-refractivity contribution is 0.121. The molecule has 4 rings (SSSR count). The van der Waals surface area contributed by atoms with Crippen molar-refractivity contribution in [3.8, 4) is 17.2 Å². The number of anilines is 2.